The lowest BCUT2D eigenvalue weighted by Crippen LogP contribution is -2.18. The zero-order chi connectivity index (χ0) is 14.3. The van der Waals surface area contributed by atoms with Gasteiger partial charge in [0.1, 0.15) is 0 Å². The molecule has 0 radical (unpaired) electrons. The predicted molar refractivity (Wildman–Crippen MR) is 70.2 cm³/mol. The Hall–Kier alpha value is -2.44. The number of nitro groups is 1. The average Bonchev–Trinajstić information content (AvgIpc) is 2.38. The Morgan fingerprint density at radius 2 is 2.26 bits per heavy atom. The average molecular weight is 265 g/mol. The van der Waals surface area contributed by atoms with Gasteiger partial charge >= 0.3 is 6.09 Å². The van der Waals surface area contributed by atoms with Gasteiger partial charge in [0.2, 0.25) is 0 Å². The summed E-state index contributed by atoms with van der Waals surface area (Å²) in [5.74, 6) is 0. The molecular weight excluding hydrogens is 250 g/mol. The first-order valence-corrected chi connectivity index (χ1v) is 5.81. The molecule has 1 rings (SSSR count). The van der Waals surface area contributed by atoms with Crippen molar-refractivity contribution in [3.63, 3.8) is 0 Å². The van der Waals surface area contributed by atoms with Gasteiger partial charge in [-0.1, -0.05) is 19.1 Å². The van der Waals surface area contributed by atoms with E-state index >= 15 is 0 Å². The maximum absolute atomic E-state index is 11.0. The van der Waals surface area contributed by atoms with E-state index in [2.05, 4.69) is 15.3 Å². The molecule has 0 saturated heterocycles. The minimum Gasteiger partial charge on any atom is -0.449 e. The Morgan fingerprint density at radius 1 is 1.53 bits per heavy atom. The first-order chi connectivity index (χ1) is 9.08. The van der Waals surface area contributed by atoms with Crippen LogP contribution in [-0.2, 0) is 11.2 Å². The number of carbonyl (C=O) groups excluding carboxylic acids is 1. The highest BCUT2D eigenvalue weighted by Crippen LogP contribution is 2.19. The lowest BCUT2D eigenvalue weighted by molar-refractivity contribution is -0.385. The summed E-state index contributed by atoms with van der Waals surface area (Å²) in [5.41, 5.74) is 3.37. The van der Waals surface area contributed by atoms with Gasteiger partial charge in [0.25, 0.3) is 5.69 Å². The SMILES string of the molecule is CCOC(=O)N/N=C\c1ccc(CC)c([N+](=O)[O-])c1. The van der Waals surface area contributed by atoms with Crippen LogP contribution in [0.2, 0.25) is 0 Å². The highest BCUT2D eigenvalue weighted by molar-refractivity contribution is 5.82. The van der Waals surface area contributed by atoms with Crippen LogP contribution in [-0.4, -0.2) is 23.8 Å². The molecule has 0 heterocycles. The number of hydrogen-bond donors (Lipinski definition) is 1. The van der Waals surface area contributed by atoms with Crippen LogP contribution in [0, 0.1) is 10.1 Å². The monoisotopic (exact) mass is 265 g/mol. The smallest absolute Gasteiger partial charge is 0.427 e. The van der Waals surface area contributed by atoms with Crippen LogP contribution in [0.5, 0.6) is 0 Å². The number of amides is 1. The molecule has 19 heavy (non-hydrogen) atoms. The fraction of sp³-hybridized carbons (Fsp3) is 0.333. The molecule has 7 nitrogen and oxygen atoms in total. The maximum atomic E-state index is 11.0. The zero-order valence-corrected chi connectivity index (χ0v) is 10.8. The third kappa shape index (κ3) is 4.38. The molecule has 1 amide bonds. The van der Waals surface area contributed by atoms with Crippen LogP contribution < -0.4 is 5.43 Å². The second-order valence-corrected chi connectivity index (χ2v) is 3.59. The molecule has 0 bridgehead atoms. The molecule has 1 aromatic rings. The summed E-state index contributed by atoms with van der Waals surface area (Å²) < 4.78 is 4.61. The van der Waals surface area contributed by atoms with Crippen molar-refractivity contribution in [1.82, 2.24) is 5.43 Å². The fourth-order valence-electron chi connectivity index (χ4n) is 1.45. The van der Waals surface area contributed by atoms with E-state index in [1.165, 1.54) is 12.3 Å². The Labute approximate surface area is 110 Å². The summed E-state index contributed by atoms with van der Waals surface area (Å²) in [5, 5.41) is 14.5. The Bertz CT molecular complexity index is 500. The van der Waals surface area contributed by atoms with Crippen molar-refractivity contribution in [3.8, 4) is 0 Å². The summed E-state index contributed by atoms with van der Waals surface area (Å²) in [6, 6.07) is 4.78. The molecule has 7 heteroatoms. The highest BCUT2D eigenvalue weighted by Gasteiger charge is 2.12. The number of benzene rings is 1. The molecule has 0 aliphatic carbocycles. The molecular formula is C12H15N3O4. The molecule has 1 aromatic carbocycles. The van der Waals surface area contributed by atoms with Crippen LogP contribution in [0.25, 0.3) is 0 Å². The van der Waals surface area contributed by atoms with E-state index in [0.717, 1.165) is 0 Å². The summed E-state index contributed by atoms with van der Waals surface area (Å²) in [7, 11) is 0. The third-order valence-corrected chi connectivity index (χ3v) is 2.33. The molecule has 0 aromatic heterocycles. The van der Waals surface area contributed by atoms with Gasteiger partial charge in [0.15, 0.2) is 0 Å². The summed E-state index contributed by atoms with van der Waals surface area (Å²) in [6.45, 7) is 3.77. The molecule has 0 unspecified atom stereocenters. The zero-order valence-electron chi connectivity index (χ0n) is 10.8. The van der Waals surface area contributed by atoms with Crippen LogP contribution in [0.15, 0.2) is 23.3 Å². The number of carbonyl (C=O) groups is 1. The standard InChI is InChI=1S/C12H15N3O4/c1-3-10-6-5-9(7-11(10)15(17)18)8-13-14-12(16)19-4-2/h5-8H,3-4H2,1-2H3,(H,14,16)/b13-8-. The van der Waals surface area contributed by atoms with Gasteiger partial charge in [0, 0.05) is 17.2 Å². The highest BCUT2D eigenvalue weighted by atomic mass is 16.6. The molecule has 0 spiro atoms. The van der Waals surface area contributed by atoms with Crippen LogP contribution >= 0.6 is 0 Å². The van der Waals surface area contributed by atoms with E-state index in [4.69, 9.17) is 0 Å². The van der Waals surface area contributed by atoms with E-state index < -0.39 is 11.0 Å². The third-order valence-electron chi connectivity index (χ3n) is 2.33. The van der Waals surface area contributed by atoms with Gasteiger partial charge in [-0.25, -0.2) is 10.2 Å². The molecule has 1 N–H and O–H groups in total. The minimum atomic E-state index is -0.668. The van der Waals surface area contributed by atoms with Crippen LogP contribution in [0.1, 0.15) is 25.0 Å². The molecule has 0 aliphatic rings. The van der Waals surface area contributed by atoms with Gasteiger partial charge in [-0.15, -0.1) is 0 Å². The minimum absolute atomic E-state index is 0.0441. The maximum Gasteiger partial charge on any atom is 0.427 e. The van der Waals surface area contributed by atoms with Crippen molar-refractivity contribution in [2.45, 2.75) is 20.3 Å². The first kappa shape index (κ1) is 14.6. The number of nitrogens with zero attached hydrogens (tertiary/aromatic N) is 2. The molecule has 0 saturated carbocycles. The van der Waals surface area contributed by atoms with Crippen molar-refractivity contribution in [2.75, 3.05) is 6.61 Å². The van der Waals surface area contributed by atoms with E-state index in [1.54, 1.807) is 19.1 Å². The number of hydrogen-bond acceptors (Lipinski definition) is 5. The van der Waals surface area contributed by atoms with E-state index in [1.807, 2.05) is 6.92 Å². The number of nitro benzene ring substituents is 1. The first-order valence-electron chi connectivity index (χ1n) is 5.81. The van der Waals surface area contributed by atoms with Crippen molar-refractivity contribution in [1.29, 1.82) is 0 Å². The van der Waals surface area contributed by atoms with Crippen LogP contribution in [0.4, 0.5) is 10.5 Å². The van der Waals surface area contributed by atoms with Gasteiger partial charge in [-0.05, 0) is 13.3 Å². The van der Waals surface area contributed by atoms with Gasteiger partial charge < -0.3 is 4.74 Å². The molecule has 0 aliphatic heterocycles. The lowest BCUT2D eigenvalue weighted by atomic mass is 10.1. The van der Waals surface area contributed by atoms with Gasteiger partial charge in [0.05, 0.1) is 17.7 Å². The predicted octanol–water partition coefficient (Wildman–Crippen LogP) is 2.24. The summed E-state index contributed by atoms with van der Waals surface area (Å²) in [6.07, 6.45) is 1.23. The second-order valence-electron chi connectivity index (χ2n) is 3.59. The van der Waals surface area contributed by atoms with Crippen molar-refractivity contribution < 1.29 is 14.5 Å². The number of aryl methyl sites for hydroxylation is 1. The van der Waals surface area contributed by atoms with Crippen molar-refractivity contribution >= 4 is 18.0 Å². The summed E-state index contributed by atoms with van der Waals surface area (Å²) >= 11 is 0. The summed E-state index contributed by atoms with van der Waals surface area (Å²) in [4.78, 5) is 21.4. The van der Waals surface area contributed by atoms with E-state index in [9.17, 15) is 14.9 Å². The number of hydrazone groups is 1. The van der Waals surface area contributed by atoms with Gasteiger partial charge in [-0.2, -0.15) is 5.10 Å². The molecule has 0 fully saturated rings. The lowest BCUT2D eigenvalue weighted by Gasteiger charge is -2.01. The van der Waals surface area contributed by atoms with Gasteiger partial charge in [-0.3, -0.25) is 10.1 Å². The van der Waals surface area contributed by atoms with Crippen LogP contribution in [0.3, 0.4) is 0 Å². The Balaban J connectivity index is 2.79. The normalized spacial score (nSPS) is 10.4. The fourth-order valence-corrected chi connectivity index (χ4v) is 1.45. The number of rotatable bonds is 5. The quantitative estimate of drug-likeness (QED) is 0.502. The van der Waals surface area contributed by atoms with E-state index in [0.29, 0.717) is 17.5 Å². The largest absolute Gasteiger partial charge is 0.449 e. The molecule has 102 valence electrons. The topological polar surface area (TPSA) is 93.8 Å². The number of ether oxygens (including phenoxy) is 1. The molecule has 0 atom stereocenters. The second kappa shape index (κ2) is 7.10. The number of nitrogens with one attached hydrogen (secondary N) is 1. The van der Waals surface area contributed by atoms with E-state index in [-0.39, 0.29) is 12.3 Å². The Kier molecular flexibility index (Phi) is 5.46. The van der Waals surface area contributed by atoms with Crippen molar-refractivity contribution in [3.05, 3.63) is 39.4 Å². The van der Waals surface area contributed by atoms with Crippen molar-refractivity contribution in [2.24, 2.45) is 5.10 Å². The Morgan fingerprint density at radius 3 is 2.84 bits per heavy atom.